The minimum atomic E-state index is -1.35. The molecule has 0 saturated carbocycles. The van der Waals surface area contributed by atoms with E-state index in [1.807, 2.05) is 72.8 Å². The largest absolute Gasteiger partial charge is 0.449 e. The number of aliphatic hydroxyl groups is 1. The van der Waals surface area contributed by atoms with Gasteiger partial charge in [0.15, 0.2) is 23.0 Å². The molecule has 0 amide bonds. The van der Waals surface area contributed by atoms with E-state index in [9.17, 15) is 5.11 Å². The normalized spacial score (nSPS) is 18.2. The zero-order chi connectivity index (χ0) is 24.9. The summed E-state index contributed by atoms with van der Waals surface area (Å²) >= 11 is 0. The van der Waals surface area contributed by atoms with Crippen LogP contribution >= 0.6 is 0 Å². The molecule has 3 heteroatoms. The first-order chi connectivity index (χ1) is 17.5. The van der Waals surface area contributed by atoms with Crippen molar-refractivity contribution in [3.63, 3.8) is 0 Å². The number of ether oxygens (including phenoxy) is 2. The van der Waals surface area contributed by atoms with E-state index in [1.165, 1.54) is 5.57 Å². The lowest BCUT2D eigenvalue weighted by Gasteiger charge is -2.31. The Labute approximate surface area is 212 Å². The fourth-order valence-corrected chi connectivity index (χ4v) is 5.27. The maximum absolute atomic E-state index is 12.8. The molecule has 4 aromatic rings. The van der Waals surface area contributed by atoms with Gasteiger partial charge in [0, 0.05) is 11.1 Å². The summed E-state index contributed by atoms with van der Waals surface area (Å²) in [5.41, 5.74) is 6.47. The smallest absolute Gasteiger partial charge is 0.170 e. The molecule has 0 spiro atoms. The van der Waals surface area contributed by atoms with E-state index in [0.29, 0.717) is 23.0 Å². The Kier molecular flexibility index (Phi) is 5.31. The lowest BCUT2D eigenvalue weighted by Crippen LogP contribution is -2.28. The number of fused-ring (bicyclic) bond motifs is 3. The van der Waals surface area contributed by atoms with Crippen molar-refractivity contribution in [2.24, 2.45) is 0 Å². The lowest BCUT2D eigenvalue weighted by molar-refractivity contribution is 0.129. The molecule has 178 valence electrons. The zero-order valence-corrected chi connectivity index (χ0v) is 20.7. The van der Waals surface area contributed by atoms with E-state index >= 15 is 0 Å². The number of para-hydroxylation sites is 2. The monoisotopic (exact) mass is 472 g/mol. The van der Waals surface area contributed by atoms with Crippen LogP contribution in [0.25, 0.3) is 16.7 Å². The van der Waals surface area contributed by atoms with Gasteiger partial charge in [0.2, 0.25) is 0 Å². The summed E-state index contributed by atoms with van der Waals surface area (Å²) in [7, 11) is 0. The van der Waals surface area contributed by atoms with Gasteiger partial charge in [0.25, 0.3) is 0 Å². The molecule has 36 heavy (non-hydrogen) atoms. The summed E-state index contributed by atoms with van der Waals surface area (Å²) in [6, 6.07) is 30.0. The van der Waals surface area contributed by atoms with Crippen molar-refractivity contribution in [2.45, 2.75) is 32.8 Å². The number of hydrogen-bond donors (Lipinski definition) is 1. The zero-order valence-electron chi connectivity index (χ0n) is 20.7. The van der Waals surface area contributed by atoms with Crippen molar-refractivity contribution >= 4 is 5.57 Å². The molecule has 1 aliphatic carbocycles. The Hall–Kier alpha value is -4.08. The van der Waals surface area contributed by atoms with Crippen molar-refractivity contribution in [2.75, 3.05) is 0 Å². The summed E-state index contributed by atoms with van der Waals surface area (Å²) in [6.45, 7) is 6.33. The van der Waals surface area contributed by atoms with Crippen molar-refractivity contribution in [3.8, 4) is 34.1 Å². The molecule has 3 nitrogen and oxygen atoms in total. The van der Waals surface area contributed by atoms with E-state index in [4.69, 9.17) is 9.47 Å². The van der Waals surface area contributed by atoms with E-state index < -0.39 is 5.60 Å². The molecule has 0 fully saturated rings. The van der Waals surface area contributed by atoms with Crippen LogP contribution in [0.1, 0.15) is 43.9 Å². The van der Waals surface area contributed by atoms with Gasteiger partial charge in [0.05, 0.1) is 0 Å². The fourth-order valence-electron chi connectivity index (χ4n) is 5.27. The molecule has 1 unspecified atom stereocenters. The van der Waals surface area contributed by atoms with Crippen molar-refractivity contribution in [1.82, 2.24) is 0 Å². The predicted molar refractivity (Wildman–Crippen MR) is 145 cm³/mol. The van der Waals surface area contributed by atoms with Crippen LogP contribution in [-0.4, -0.2) is 5.11 Å². The van der Waals surface area contributed by atoms with Crippen LogP contribution in [0.15, 0.2) is 108 Å². The number of rotatable bonds is 4. The van der Waals surface area contributed by atoms with Crippen molar-refractivity contribution in [3.05, 3.63) is 125 Å². The second-order valence-electron chi connectivity index (χ2n) is 9.50. The summed E-state index contributed by atoms with van der Waals surface area (Å²) < 4.78 is 12.5. The topological polar surface area (TPSA) is 38.7 Å². The quantitative estimate of drug-likeness (QED) is 0.284. The molecule has 1 heterocycles. The first-order valence-corrected chi connectivity index (χ1v) is 12.4. The van der Waals surface area contributed by atoms with Crippen LogP contribution in [-0.2, 0) is 5.60 Å². The van der Waals surface area contributed by atoms with E-state index in [2.05, 4.69) is 45.0 Å². The van der Waals surface area contributed by atoms with Gasteiger partial charge in [-0.2, -0.15) is 0 Å². The van der Waals surface area contributed by atoms with Gasteiger partial charge in [-0.1, -0.05) is 85.3 Å². The van der Waals surface area contributed by atoms with Crippen LogP contribution in [0.3, 0.4) is 0 Å². The molecule has 0 radical (unpaired) electrons. The van der Waals surface area contributed by atoms with Crippen LogP contribution in [0.2, 0.25) is 0 Å². The number of hydrogen-bond acceptors (Lipinski definition) is 3. The van der Waals surface area contributed by atoms with Crippen LogP contribution < -0.4 is 9.47 Å². The highest BCUT2D eigenvalue weighted by atomic mass is 16.6. The molecular weight excluding hydrogens is 444 g/mol. The SMILES string of the molecule is CC/C(C)=C\C1=C(C)c2cc3c(cc2C1(O)c1ccccc1-c1ccccc1)Oc1ccccc1O3. The summed E-state index contributed by atoms with van der Waals surface area (Å²) in [6.07, 6.45) is 3.05. The summed E-state index contributed by atoms with van der Waals surface area (Å²) in [5.74, 6) is 2.62. The first kappa shape index (κ1) is 22.4. The second kappa shape index (κ2) is 8.54. The minimum Gasteiger partial charge on any atom is -0.449 e. The Morgan fingerprint density at radius 2 is 1.36 bits per heavy atom. The highest BCUT2D eigenvalue weighted by Crippen LogP contribution is 2.56. The summed E-state index contributed by atoms with van der Waals surface area (Å²) in [5, 5.41) is 12.8. The van der Waals surface area contributed by atoms with Crippen LogP contribution in [0, 0.1) is 0 Å². The fraction of sp³-hybridized carbons (Fsp3) is 0.152. The Balaban J connectivity index is 1.61. The lowest BCUT2D eigenvalue weighted by atomic mass is 9.78. The van der Waals surface area contributed by atoms with E-state index in [1.54, 1.807) is 0 Å². The van der Waals surface area contributed by atoms with E-state index in [0.717, 1.165) is 45.4 Å². The number of benzene rings is 4. The molecule has 2 aliphatic rings. The van der Waals surface area contributed by atoms with Crippen LogP contribution in [0.5, 0.6) is 23.0 Å². The minimum absolute atomic E-state index is 0.605. The standard InChI is InChI=1S/C33H28O3/c1-4-21(2)18-27-22(3)25-19-31-32(36-30-17-11-10-16-29(30)35-31)20-28(25)33(27,34)26-15-9-8-14-24(26)23-12-6-5-7-13-23/h5-20,34H,4H2,1-3H3/b21-18-. The third-order valence-corrected chi connectivity index (χ3v) is 7.31. The molecular formula is C33H28O3. The van der Waals surface area contributed by atoms with Crippen molar-refractivity contribution in [1.29, 1.82) is 0 Å². The second-order valence-corrected chi connectivity index (χ2v) is 9.50. The molecule has 0 aromatic heterocycles. The first-order valence-electron chi connectivity index (χ1n) is 12.4. The van der Waals surface area contributed by atoms with E-state index in [-0.39, 0.29) is 0 Å². The molecule has 0 saturated heterocycles. The van der Waals surface area contributed by atoms with Gasteiger partial charge in [0.1, 0.15) is 5.60 Å². The average molecular weight is 473 g/mol. The third kappa shape index (κ3) is 3.39. The Bertz CT molecular complexity index is 1540. The maximum atomic E-state index is 12.8. The number of allylic oxidation sites excluding steroid dienone is 2. The molecule has 0 bridgehead atoms. The van der Waals surface area contributed by atoms with Gasteiger partial charge in [-0.05, 0) is 72.4 Å². The maximum Gasteiger partial charge on any atom is 0.170 e. The highest BCUT2D eigenvalue weighted by Gasteiger charge is 2.45. The van der Waals surface area contributed by atoms with Gasteiger partial charge < -0.3 is 14.6 Å². The van der Waals surface area contributed by atoms with Crippen molar-refractivity contribution < 1.29 is 14.6 Å². The Morgan fingerprint density at radius 3 is 2.06 bits per heavy atom. The Morgan fingerprint density at radius 1 is 0.750 bits per heavy atom. The van der Waals surface area contributed by atoms with Gasteiger partial charge in [-0.25, -0.2) is 0 Å². The molecule has 1 N–H and O–H groups in total. The summed E-state index contributed by atoms with van der Waals surface area (Å²) in [4.78, 5) is 0. The van der Waals surface area contributed by atoms with Gasteiger partial charge in [-0.15, -0.1) is 0 Å². The molecule has 6 rings (SSSR count). The van der Waals surface area contributed by atoms with Gasteiger partial charge in [-0.3, -0.25) is 0 Å². The average Bonchev–Trinajstić information content (AvgIpc) is 3.12. The third-order valence-electron chi connectivity index (χ3n) is 7.31. The highest BCUT2D eigenvalue weighted by molar-refractivity contribution is 5.87. The van der Waals surface area contributed by atoms with Crippen LogP contribution in [0.4, 0.5) is 0 Å². The molecule has 1 aliphatic heterocycles. The predicted octanol–water partition coefficient (Wildman–Crippen LogP) is 8.63. The molecule has 4 aromatic carbocycles. The van der Waals surface area contributed by atoms with Gasteiger partial charge >= 0.3 is 0 Å². The molecule has 1 atom stereocenters.